The van der Waals surface area contributed by atoms with Gasteiger partial charge in [-0.05, 0) is 34.5 Å². The number of nitrogens with one attached hydrogen (secondary N) is 1. The number of alkyl carbamates (subject to hydrolysis) is 1. The molecule has 1 aromatic rings. The molecule has 1 fully saturated rings. The summed E-state index contributed by atoms with van der Waals surface area (Å²) >= 11 is 3.16. The molecule has 1 atom stereocenters. The molecule has 2 rings (SSSR count). The Bertz CT molecular complexity index is 582. The van der Waals surface area contributed by atoms with Crippen molar-refractivity contribution in [1.82, 2.24) is 10.2 Å². The van der Waals surface area contributed by atoms with Crippen LogP contribution in [0.25, 0.3) is 0 Å². The van der Waals surface area contributed by atoms with E-state index in [1.807, 2.05) is 0 Å². The van der Waals surface area contributed by atoms with Crippen LogP contribution in [0.4, 0.5) is 14.9 Å². The first-order valence-electron chi connectivity index (χ1n) is 6.30. The summed E-state index contributed by atoms with van der Waals surface area (Å²) in [7, 11) is 1.28. The third-order valence-corrected chi connectivity index (χ3v) is 3.96. The summed E-state index contributed by atoms with van der Waals surface area (Å²) in [5, 5.41) is 2.65. The Morgan fingerprint density at radius 3 is 2.90 bits per heavy atom. The Morgan fingerprint density at radius 2 is 2.24 bits per heavy atom. The number of amides is 2. The van der Waals surface area contributed by atoms with E-state index in [9.17, 15) is 14.0 Å². The topological polar surface area (TPSA) is 84.7 Å². The van der Waals surface area contributed by atoms with Crippen LogP contribution in [0.2, 0.25) is 0 Å². The Balaban J connectivity index is 2.08. The minimum Gasteiger partial charge on any atom is -0.453 e. The molecule has 1 unspecified atom stereocenters. The smallest absolute Gasteiger partial charge is 0.407 e. The van der Waals surface area contributed by atoms with E-state index in [-0.39, 0.29) is 17.6 Å². The van der Waals surface area contributed by atoms with Gasteiger partial charge < -0.3 is 20.7 Å². The molecule has 0 radical (unpaired) electrons. The molecule has 1 heterocycles. The maximum Gasteiger partial charge on any atom is 0.407 e. The fourth-order valence-corrected chi connectivity index (χ4v) is 2.67. The molecule has 0 aromatic heterocycles. The van der Waals surface area contributed by atoms with E-state index in [1.165, 1.54) is 19.2 Å². The molecular formula is C13H15BrFN3O3. The van der Waals surface area contributed by atoms with Gasteiger partial charge in [0.05, 0.1) is 24.4 Å². The van der Waals surface area contributed by atoms with Gasteiger partial charge in [-0.3, -0.25) is 4.79 Å². The van der Waals surface area contributed by atoms with Gasteiger partial charge in [-0.1, -0.05) is 0 Å². The number of carbonyl (C=O) groups is 2. The first-order chi connectivity index (χ1) is 9.92. The number of likely N-dealkylation sites (tertiary alicyclic amines) is 1. The molecule has 0 aliphatic carbocycles. The van der Waals surface area contributed by atoms with E-state index in [0.717, 1.165) is 0 Å². The number of rotatable bonds is 2. The van der Waals surface area contributed by atoms with Crippen LogP contribution in [0.5, 0.6) is 0 Å². The van der Waals surface area contributed by atoms with Crippen molar-refractivity contribution in [2.24, 2.45) is 0 Å². The number of nitrogens with two attached hydrogens (primary N) is 1. The van der Waals surface area contributed by atoms with Crippen LogP contribution in [0.15, 0.2) is 16.6 Å². The SMILES string of the molecule is COC(=O)NC1CCN(C(=O)c2cc(N)c(F)cc2Br)C1. The van der Waals surface area contributed by atoms with Gasteiger partial charge >= 0.3 is 6.09 Å². The Hall–Kier alpha value is -1.83. The molecule has 1 aromatic carbocycles. The molecule has 0 saturated carbocycles. The number of hydrogen-bond donors (Lipinski definition) is 2. The van der Waals surface area contributed by atoms with Gasteiger partial charge in [0, 0.05) is 17.6 Å². The summed E-state index contributed by atoms with van der Waals surface area (Å²) in [6.45, 7) is 0.870. The summed E-state index contributed by atoms with van der Waals surface area (Å²) in [5.74, 6) is -0.840. The van der Waals surface area contributed by atoms with Crippen LogP contribution in [0.1, 0.15) is 16.8 Å². The maximum atomic E-state index is 13.3. The van der Waals surface area contributed by atoms with Crippen molar-refractivity contribution in [3.05, 3.63) is 28.0 Å². The molecule has 3 N–H and O–H groups in total. The van der Waals surface area contributed by atoms with Crippen molar-refractivity contribution in [2.45, 2.75) is 12.5 Å². The second-order valence-corrected chi connectivity index (χ2v) is 5.58. The number of nitrogens with zero attached hydrogens (tertiary/aromatic N) is 1. The van der Waals surface area contributed by atoms with Gasteiger partial charge in [0.25, 0.3) is 5.91 Å². The summed E-state index contributed by atoms with van der Waals surface area (Å²) < 4.78 is 18.2. The van der Waals surface area contributed by atoms with Gasteiger partial charge in [-0.2, -0.15) is 0 Å². The highest BCUT2D eigenvalue weighted by Gasteiger charge is 2.29. The average Bonchev–Trinajstić information content (AvgIpc) is 2.90. The zero-order valence-electron chi connectivity index (χ0n) is 11.4. The van der Waals surface area contributed by atoms with Crippen LogP contribution < -0.4 is 11.1 Å². The highest BCUT2D eigenvalue weighted by Crippen LogP contribution is 2.25. The van der Waals surface area contributed by atoms with E-state index in [0.29, 0.717) is 29.5 Å². The Morgan fingerprint density at radius 1 is 1.52 bits per heavy atom. The third kappa shape index (κ3) is 3.44. The van der Waals surface area contributed by atoms with Crippen molar-refractivity contribution >= 4 is 33.6 Å². The summed E-state index contributed by atoms with van der Waals surface area (Å²) in [5.41, 5.74) is 5.72. The monoisotopic (exact) mass is 359 g/mol. The number of ether oxygens (including phenoxy) is 1. The lowest BCUT2D eigenvalue weighted by Crippen LogP contribution is -2.38. The van der Waals surface area contributed by atoms with Crippen molar-refractivity contribution in [3.63, 3.8) is 0 Å². The highest BCUT2D eigenvalue weighted by atomic mass is 79.9. The van der Waals surface area contributed by atoms with Crippen LogP contribution in [-0.4, -0.2) is 43.1 Å². The van der Waals surface area contributed by atoms with Crippen LogP contribution >= 0.6 is 15.9 Å². The first kappa shape index (κ1) is 15.6. The minimum atomic E-state index is -0.579. The average molecular weight is 360 g/mol. The summed E-state index contributed by atoms with van der Waals surface area (Å²) in [6.07, 6.45) is 0.108. The normalized spacial score (nSPS) is 17.7. The second-order valence-electron chi connectivity index (χ2n) is 4.73. The van der Waals surface area contributed by atoms with Gasteiger partial charge in [-0.15, -0.1) is 0 Å². The van der Waals surface area contributed by atoms with E-state index in [4.69, 9.17) is 5.73 Å². The lowest BCUT2D eigenvalue weighted by molar-refractivity contribution is 0.0787. The summed E-state index contributed by atoms with van der Waals surface area (Å²) in [4.78, 5) is 25.1. The zero-order valence-corrected chi connectivity index (χ0v) is 12.9. The van der Waals surface area contributed by atoms with E-state index < -0.39 is 11.9 Å². The molecule has 2 amide bonds. The third-order valence-electron chi connectivity index (χ3n) is 3.30. The number of hydrogen-bond acceptors (Lipinski definition) is 4. The molecule has 1 saturated heterocycles. The molecule has 8 heteroatoms. The standard InChI is InChI=1S/C13H15BrFN3O3/c1-21-13(20)17-7-2-3-18(6-7)12(19)8-4-11(16)10(15)5-9(8)14/h4-5,7H,2-3,6,16H2,1H3,(H,17,20). The Labute approximate surface area is 129 Å². The molecule has 6 nitrogen and oxygen atoms in total. The van der Waals surface area contributed by atoms with E-state index >= 15 is 0 Å². The fourth-order valence-electron chi connectivity index (χ4n) is 2.19. The predicted molar refractivity (Wildman–Crippen MR) is 78.4 cm³/mol. The largest absolute Gasteiger partial charge is 0.453 e. The molecule has 114 valence electrons. The highest BCUT2D eigenvalue weighted by molar-refractivity contribution is 9.10. The number of benzene rings is 1. The van der Waals surface area contributed by atoms with Crippen molar-refractivity contribution < 1.29 is 18.7 Å². The van der Waals surface area contributed by atoms with Crippen molar-refractivity contribution in [2.75, 3.05) is 25.9 Å². The maximum absolute atomic E-state index is 13.3. The van der Waals surface area contributed by atoms with Gasteiger partial charge in [0.1, 0.15) is 5.82 Å². The van der Waals surface area contributed by atoms with Crippen LogP contribution in [0.3, 0.4) is 0 Å². The van der Waals surface area contributed by atoms with Crippen LogP contribution in [-0.2, 0) is 4.74 Å². The second kappa shape index (κ2) is 6.30. The van der Waals surface area contributed by atoms with Crippen LogP contribution in [0, 0.1) is 5.82 Å². The quantitative estimate of drug-likeness (QED) is 0.787. The number of halogens is 2. The summed E-state index contributed by atoms with van der Waals surface area (Å²) in [6, 6.07) is 2.32. The number of anilines is 1. The zero-order chi connectivity index (χ0) is 15.6. The predicted octanol–water partition coefficient (Wildman–Crippen LogP) is 1.74. The Kier molecular flexibility index (Phi) is 4.66. The van der Waals surface area contributed by atoms with Gasteiger partial charge in [0.15, 0.2) is 0 Å². The van der Waals surface area contributed by atoms with Crippen molar-refractivity contribution in [3.8, 4) is 0 Å². The van der Waals surface area contributed by atoms with E-state index in [1.54, 1.807) is 4.90 Å². The minimum absolute atomic E-state index is 0.0787. The molecule has 0 spiro atoms. The molecule has 1 aliphatic rings. The molecule has 21 heavy (non-hydrogen) atoms. The molecular weight excluding hydrogens is 345 g/mol. The molecule has 1 aliphatic heterocycles. The lowest BCUT2D eigenvalue weighted by Gasteiger charge is -2.18. The first-order valence-corrected chi connectivity index (χ1v) is 7.10. The lowest BCUT2D eigenvalue weighted by atomic mass is 10.1. The van der Waals surface area contributed by atoms with Crippen molar-refractivity contribution in [1.29, 1.82) is 0 Å². The van der Waals surface area contributed by atoms with E-state index in [2.05, 4.69) is 26.0 Å². The number of carbonyl (C=O) groups excluding carboxylic acids is 2. The number of methoxy groups -OCH3 is 1. The molecule has 0 bridgehead atoms. The fraction of sp³-hybridized carbons (Fsp3) is 0.385. The van der Waals surface area contributed by atoms with Gasteiger partial charge in [0.2, 0.25) is 0 Å². The van der Waals surface area contributed by atoms with Gasteiger partial charge in [-0.25, -0.2) is 9.18 Å². The number of nitrogen functional groups attached to an aromatic ring is 1.